The van der Waals surface area contributed by atoms with E-state index >= 15 is 0 Å². The molecule has 0 bridgehead atoms. The van der Waals surface area contributed by atoms with Crippen LogP contribution in [0.15, 0.2) is 72.5 Å². The zero-order chi connectivity index (χ0) is 19.2. The topological polar surface area (TPSA) is 89.9 Å². The van der Waals surface area contributed by atoms with Crippen molar-refractivity contribution in [1.82, 2.24) is 19.9 Å². The van der Waals surface area contributed by atoms with Crippen molar-refractivity contribution in [3.8, 4) is 22.5 Å². The van der Waals surface area contributed by atoms with E-state index in [-0.39, 0.29) is 18.3 Å². The number of aromatic nitrogens is 4. The summed E-state index contributed by atoms with van der Waals surface area (Å²) >= 11 is 1.47. The number of rotatable bonds is 6. The summed E-state index contributed by atoms with van der Waals surface area (Å²) in [6.07, 6.45) is 5.13. The fourth-order valence-electron chi connectivity index (χ4n) is 2.41. The molecule has 28 heavy (non-hydrogen) atoms. The van der Waals surface area contributed by atoms with Gasteiger partial charge in [-0.25, -0.2) is 15.0 Å². The Morgan fingerprint density at radius 3 is 2.50 bits per heavy atom. The van der Waals surface area contributed by atoms with Crippen molar-refractivity contribution in [3.63, 3.8) is 0 Å². The van der Waals surface area contributed by atoms with Gasteiger partial charge >= 0.3 is 6.01 Å². The molecule has 0 aliphatic rings. The lowest BCUT2D eigenvalue weighted by molar-refractivity contribution is -0.115. The molecule has 3 aromatic heterocycles. The minimum absolute atomic E-state index is 0.141. The number of carbonyl (C=O) groups is 1. The summed E-state index contributed by atoms with van der Waals surface area (Å²) in [5.74, 6) is 0.446. The highest BCUT2D eigenvalue weighted by atomic mass is 32.1. The van der Waals surface area contributed by atoms with Crippen LogP contribution in [0.25, 0.3) is 10.7 Å². The summed E-state index contributed by atoms with van der Waals surface area (Å²) in [5.41, 5.74) is 2.19. The molecule has 3 heterocycles. The van der Waals surface area contributed by atoms with Gasteiger partial charge in [-0.3, -0.25) is 9.78 Å². The van der Waals surface area contributed by atoms with Crippen molar-refractivity contribution in [2.75, 3.05) is 5.32 Å². The summed E-state index contributed by atoms with van der Waals surface area (Å²) in [4.78, 5) is 29.1. The van der Waals surface area contributed by atoms with E-state index in [9.17, 15) is 4.79 Å². The third kappa shape index (κ3) is 4.54. The first-order chi connectivity index (χ1) is 13.8. The molecule has 7 nitrogen and oxygen atoms in total. The molecule has 1 aromatic carbocycles. The first-order valence-electron chi connectivity index (χ1n) is 8.47. The summed E-state index contributed by atoms with van der Waals surface area (Å²) in [7, 11) is 0. The Bertz CT molecular complexity index is 1050. The summed E-state index contributed by atoms with van der Waals surface area (Å²) < 4.78 is 5.53. The molecule has 0 radical (unpaired) electrons. The first-order valence-corrected chi connectivity index (χ1v) is 9.35. The van der Waals surface area contributed by atoms with Gasteiger partial charge in [0.25, 0.3) is 0 Å². The second kappa shape index (κ2) is 8.36. The van der Waals surface area contributed by atoms with Crippen LogP contribution in [-0.4, -0.2) is 25.8 Å². The summed E-state index contributed by atoms with van der Waals surface area (Å²) in [5, 5.41) is 5.53. The van der Waals surface area contributed by atoms with Gasteiger partial charge < -0.3 is 10.1 Å². The molecular formula is C20H15N5O2S. The minimum Gasteiger partial charge on any atom is -0.424 e. The summed E-state index contributed by atoms with van der Waals surface area (Å²) in [6, 6.07) is 14.7. The van der Waals surface area contributed by atoms with Crippen LogP contribution >= 0.6 is 11.3 Å². The standard InChI is InChI=1S/C20H15N5O2S/c26-18(12-15-13-28-19(25-15)17-4-1-2-9-21-17)24-14-5-7-16(8-6-14)27-20-22-10-3-11-23-20/h1-11,13H,12H2,(H,24,26). The normalized spacial score (nSPS) is 10.4. The predicted molar refractivity (Wildman–Crippen MR) is 106 cm³/mol. The lowest BCUT2D eigenvalue weighted by Gasteiger charge is -2.06. The largest absolute Gasteiger partial charge is 0.424 e. The number of thiazole rings is 1. The van der Waals surface area contributed by atoms with Gasteiger partial charge in [0.05, 0.1) is 17.8 Å². The van der Waals surface area contributed by atoms with Gasteiger partial charge in [-0.2, -0.15) is 0 Å². The quantitative estimate of drug-likeness (QED) is 0.537. The van der Waals surface area contributed by atoms with Crippen LogP contribution in [0.1, 0.15) is 5.69 Å². The SMILES string of the molecule is O=C(Cc1csc(-c2ccccn2)n1)Nc1ccc(Oc2ncccn2)cc1. The minimum atomic E-state index is -0.141. The molecule has 0 saturated carbocycles. The van der Waals surface area contributed by atoms with E-state index in [0.717, 1.165) is 10.7 Å². The van der Waals surface area contributed by atoms with Gasteiger partial charge in [-0.1, -0.05) is 6.07 Å². The van der Waals surface area contributed by atoms with E-state index < -0.39 is 0 Å². The monoisotopic (exact) mass is 389 g/mol. The van der Waals surface area contributed by atoms with E-state index in [1.165, 1.54) is 11.3 Å². The highest BCUT2D eigenvalue weighted by Gasteiger charge is 2.10. The summed E-state index contributed by atoms with van der Waals surface area (Å²) in [6.45, 7) is 0. The van der Waals surface area contributed by atoms with Crippen molar-refractivity contribution in [1.29, 1.82) is 0 Å². The lowest BCUT2D eigenvalue weighted by Crippen LogP contribution is -2.14. The van der Waals surface area contributed by atoms with Gasteiger partial charge in [0.2, 0.25) is 5.91 Å². The van der Waals surface area contributed by atoms with Crippen LogP contribution in [-0.2, 0) is 11.2 Å². The molecule has 0 spiro atoms. The molecule has 0 aliphatic heterocycles. The zero-order valence-electron chi connectivity index (χ0n) is 14.6. The Morgan fingerprint density at radius 2 is 1.75 bits per heavy atom. The maximum Gasteiger partial charge on any atom is 0.321 e. The number of benzene rings is 1. The molecular weight excluding hydrogens is 374 g/mol. The van der Waals surface area contributed by atoms with Crippen LogP contribution < -0.4 is 10.1 Å². The van der Waals surface area contributed by atoms with Gasteiger partial charge in [0.15, 0.2) is 0 Å². The Morgan fingerprint density at radius 1 is 0.964 bits per heavy atom. The fourth-order valence-corrected chi connectivity index (χ4v) is 3.21. The van der Waals surface area contributed by atoms with Crippen molar-refractivity contribution >= 4 is 22.9 Å². The van der Waals surface area contributed by atoms with Crippen molar-refractivity contribution in [3.05, 3.63) is 78.2 Å². The van der Waals surface area contributed by atoms with Crippen LogP contribution in [0.3, 0.4) is 0 Å². The third-order valence-electron chi connectivity index (χ3n) is 3.67. The Balaban J connectivity index is 1.34. The van der Waals surface area contributed by atoms with E-state index in [2.05, 4.69) is 25.3 Å². The lowest BCUT2D eigenvalue weighted by atomic mass is 10.2. The highest BCUT2D eigenvalue weighted by molar-refractivity contribution is 7.13. The second-order valence-electron chi connectivity index (χ2n) is 5.74. The maximum absolute atomic E-state index is 12.3. The Kier molecular flexibility index (Phi) is 5.30. The van der Waals surface area contributed by atoms with Crippen LogP contribution in [0.4, 0.5) is 5.69 Å². The molecule has 0 saturated heterocycles. The number of amides is 1. The van der Waals surface area contributed by atoms with Gasteiger partial charge in [0.1, 0.15) is 10.8 Å². The number of nitrogens with zero attached hydrogens (tertiary/aromatic N) is 4. The van der Waals surface area contributed by atoms with Gasteiger partial charge in [-0.05, 0) is 42.5 Å². The van der Waals surface area contributed by atoms with Crippen LogP contribution in [0, 0.1) is 0 Å². The average Bonchev–Trinajstić information content (AvgIpc) is 3.19. The highest BCUT2D eigenvalue weighted by Crippen LogP contribution is 2.22. The molecule has 4 aromatic rings. The molecule has 0 atom stereocenters. The molecule has 1 amide bonds. The van der Waals surface area contributed by atoms with E-state index in [4.69, 9.17) is 4.74 Å². The first kappa shape index (κ1) is 17.7. The number of anilines is 1. The Labute approximate surface area is 165 Å². The fraction of sp³-hybridized carbons (Fsp3) is 0.0500. The van der Waals surface area contributed by atoms with Crippen LogP contribution in [0.2, 0.25) is 0 Å². The van der Waals surface area contributed by atoms with E-state index in [1.54, 1.807) is 48.9 Å². The van der Waals surface area contributed by atoms with Crippen molar-refractivity contribution < 1.29 is 9.53 Å². The molecule has 0 fully saturated rings. The second-order valence-corrected chi connectivity index (χ2v) is 6.60. The number of ether oxygens (including phenoxy) is 1. The third-order valence-corrected chi connectivity index (χ3v) is 4.58. The van der Waals surface area contributed by atoms with E-state index in [0.29, 0.717) is 17.1 Å². The van der Waals surface area contributed by atoms with Crippen molar-refractivity contribution in [2.45, 2.75) is 6.42 Å². The average molecular weight is 389 g/mol. The van der Waals surface area contributed by atoms with E-state index in [1.807, 2.05) is 23.6 Å². The number of pyridine rings is 1. The molecule has 0 aliphatic carbocycles. The number of hydrogen-bond donors (Lipinski definition) is 1. The molecule has 0 unspecified atom stereocenters. The van der Waals surface area contributed by atoms with Gasteiger partial charge in [0, 0.05) is 29.7 Å². The van der Waals surface area contributed by atoms with Crippen molar-refractivity contribution in [2.24, 2.45) is 0 Å². The maximum atomic E-state index is 12.3. The molecule has 1 N–H and O–H groups in total. The molecule has 138 valence electrons. The smallest absolute Gasteiger partial charge is 0.321 e. The van der Waals surface area contributed by atoms with Gasteiger partial charge in [-0.15, -0.1) is 11.3 Å². The predicted octanol–water partition coefficient (Wildman–Crippen LogP) is 3.97. The molecule has 8 heteroatoms. The number of carbonyl (C=O) groups excluding carboxylic acids is 1. The molecule has 4 rings (SSSR count). The number of nitrogens with one attached hydrogen (secondary N) is 1. The Hall–Kier alpha value is -3.65. The van der Waals surface area contributed by atoms with Crippen LogP contribution in [0.5, 0.6) is 11.8 Å². The zero-order valence-corrected chi connectivity index (χ0v) is 15.5. The number of hydrogen-bond acceptors (Lipinski definition) is 7.